The minimum Gasteiger partial charge on any atom is -0.384 e. The van der Waals surface area contributed by atoms with Gasteiger partial charge in [-0.3, -0.25) is 0 Å². The number of rotatable bonds is 2. The minimum atomic E-state index is -0.582. The van der Waals surface area contributed by atoms with E-state index in [0.29, 0.717) is 0 Å². The predicted octanol–water partition coefficient (Wildman–Crippen LogP) is 5.27. The Kier molecular flexibility index (Phi) is 4.68. The summed E-state index contributed by atoms with van der Waals surface area (Å²) in [6.07, 6.45) is -0.582. The van der Waals surface area contributed by atoms with Crippen molar-refractivity contribution in [3.63, 3.8) is 0 Å². The van der Waals surface area contributed by atoms with Crippen molar-refractivity contribution in [2.75, 3.05) is 0 Å². The summed E-state index contributed by atoms with van der Waals surface area (Å²) in [6.45, 7) is 2.03. The smallest absolute Gasteiger partial charge is 0.106 e. The van der Waals surface area contributed by atoms with Gasteiger partial charge in [-0.15, -0.1) is 11.3 Å². The molecule has 1 aromatic heterocycles. The molecule has 1 heterocycles. The second kappa shape index (κ2) is 5.69. The SMILES string of the molecule is Cc1cc(Br)c(C(O)c2csc(I)c2)cc1Br. The van der Waals surface area contributed by atoms with Gasteiger partial charge in [0.25, 0.3) is 0 Å². The lowest BCUT2D eigenvalue weighted by molar-refractivity contribution is 0.220. The fourth-order valence-electron chi connectivity index (χ4n) is 1.52. The molecule has 1 atom stereocenters. The van der Waals surface area contributed by atoms with Crippen LogP contribution in [0.1, 0.15) is 22.8 Å². The first-order chi connectivity index (χ1) is 7.99. The molecule has 0 saturated heterocycles. The molecule has 1 aromatic carbocycles. The van der Waals surface area contributed by atoms with E-state index < -0.39 is 6.10 Å². The summed E-state index contributed by atoms with van der Waals surface area (Å²) in [7, 11) is 0. The first-order valence-electron chi connectivity index (χ1n) is 4.86. The van der Waals surface area contributed by atoms with Gasteiger partial charge in [0.2, 0.25) is 0 Å². The Labute approximate surface area is 135 Å². The van der Waals surface area contributed by atoms with E-state index in [9.17, 15) is 5.11 Å². The average molecular weight is 488 g/mol. The number of hydrogen-bond acceptors (Lipinski definition) is 2. The Morgan fingerprint density at radius 1 is 1.24 bits per heavy atom. The highest BCUT2D eigenvalue weighted by atomic mass is 127. The van der Waals surface area contributed by atoms with Crippen LogP contribution < -0.4 is 0 Å². The molecular formula is C12H9Br2IOS. The van der Waals surface area contributed by atoms with Gasteiger partial charge in [0.05, 0.1) is 2.88 Å². The molecule has 0 spiro atoms. The van der Waals surface area contributed by atoms with Crippen LogP contribution in [0.25, 0.3) is 0 Å². The summed E-state index contributed by atoms with van der Waals surface area (Å²) in [5, 5.41) is 12.3. The maximum atomic E-state index is 10.4. The molecule has 0 aliphatic carbocycles. The highest BCUT2D eigenvalue weighted by Crippen LogP contribution is 2.34. The molecule has 1 unspecified atom stereocenters. The first kappa shape index (κ1) is 14.0. The zero-order valence-electron chi connectivity index (χ0n) is 8.88. The summed E-state index contributed by atoms with van der Waals surface area (Å²) < 4.78 is 3.13. The maximum absolute atomic E-state index is 10.4. The van der Waals surface area contributed by atoms with Gasteiger partial charge < -0.3 is 5.11 Å². The van der Waals surface area contributed by atoms with Crippen molar-refractivity contribution in [3.8, 4) is 0 Å². The van der Waals surface area contributed by atoms with E-state index in [0.717, 1.165) is 25.6 Å². The summed E-state index contributed by atoms with van der Waals surface area (Å²) in [4.78, 5) is 0. The standard InChI is InChI=1S/C12H9Br2IOS/c1-6-2-10(14)8(4-9(6)13)12(16)7-3-11(15)17-5-7/h2-5,12,16H,1H3. The highest BCUT2D eigenvalue weighted by Gasteiger charge is 2.16. The van der Waals surface area contributed by atoms with Crippen molar-refractivity contribution < 1.29 is 5.11 Å². The van der Waals surface area contributed by atoms with Crippen molar-refractivity contribution in [1.82, 2.24) is 0 Å². The van der Waals surface area contributed by atoms with E-state index in [1.807, 2.05) is 30.5 Å². The number of thiophene rings is 1. The zero-order valence-corrected chi connectivity index (χ0v) is 15.0. The summed E-state index contributed by atoms with van der Waals surface area (Å²) in [6, 6.07) is 5.99. The number of hydrogen-bond donors (Lipinski definition) is 1. The van der Waals surface area contributed by atoms with Crippen LogP contribution in [0.4, 0.5) is 0 Å². The van der Waals surface area contributed by atoms with E-state index in [-0.39, 0.29) is 0 Å². The molecule has 0 saturated carbocycles. The molecule has 0 aliphatic rings. The largest absolute Gasteiger partial charge is 0.384 e. The molecule has 2 rings (SSSR count). The number of benzene rings is 1. The second-order valence-electron chi connectivity index (χ2n) is 3.71. The highest BCUT2D eigenvalue weighted by molar-refractivity contribution is 14.1. The van der Waals surface area contributed by atoms with Gasteiger partial charge in [-0.25, -0.2) is 0 Å². The van der Waals surface area contributed by atoms with Crippen molar-refractivity contribution in [3.05, 3.63) is 52.1 Å². The van der Waals surface area contributed by atoms with Gasteiger partial charge in [0, 0.05) is 14.5 Å². The fraction of sp³-hybridized carbons (Fsp3) is 0.167. The molecule has 0 bridgehead atoms. The third-order valence-corrected chi connectivity index (χ3v) is 5.82. The van der Waals surface area contributed by atoms with Crippen LogP contribution in [0.3, 0.4) is 0 Å². The molecule has 17 heavy (non-hydrogen) atoms. The molecule has 1 nitrogen and oxygen atoms in total. The quantitative estimate of drug-likeness (QED) is 0.572. The number of aliphatic hydroxyl groups is 1. The van der Waals surface area contributed by atoms with Gasteiger partial charge in [0.15, 0.2) is 0 Å². The second-order valence-corrected chi connectivity index (χ2v) is 8.22. The van der Waals surface area contributed by atoms with Crippen LogP contribution in [-0.4, -0.2) is 5.11 Å². The van der Waals surface area contributed by atoms with Crippen LogP contribution in [0.2, 0.25) is 0 Å². The van der Waals surface area contributed by atoms with Crippen LogP contribution in [0, 0.1) is 9.81 Å². The van der Waals surface area contributed by atoms with Crippen molar-refractivity contribution >= 4 is 65.8 Å². The number of halogens is 3. The lowest BCUT2D eigenvalue weighted by atomic mass is 10.0. The lowest BCUT2D eigenvalue weighted by Crippen LogP contribution is -2.00. The predicted molar refractivity (Wildman–Crippen MR) is 87.7 cm³/mol. The summed E-state index contributed by atoms with van der Waals surface area (Å²) in [5.74, 6) is 0. The van der Waals surface area contributed by atoms with Crippen molar-refractivity contribution in [2.24, 2.45) is 0 Å². The van der Waals surface area contributed by atoms with Crippen molar-refractivity contribution in [1.29, 1.82) is 0 Å². The topological polar surface area (TPSA) is 20.2 Å². The van der Waals surface area contributed by atoms with Crippen molar-refractivity contribution in [2.45, 2.75) is 13.0 Å². The van der Waals surface area contributed by atoms with E-state index in [2.05, 4.69) is 54.5 Å². The third-order valence-electron chi connectivity index (χ3n) is 2.48. The number of aryl methyl sites for hydroxylation is 1. The fourth-order valence-corrected chi connectivity index (χ4v) is 3.94. The zero-order chi connectivity index (χ0) is 12.6. The Balaban J connectivity index is 2.43. The van der Waals surface area contributed by atoms with E-state index >= 15 is 0 Å². The number of aliphatic hydroxyl groups excluding tert-OH is 1. The molecule has 5 heteroatoms. The van der Waals surface area contributed by atoms with E-state index in [1.165, 1.54) is 2.88 Å². The van der Waals surface area contributed by atoms with Gasteiger partial charge in [-0.05, 0) is 64.2 Å². The van der Waals surface area contributed by atoms with Gasteiger partial charge in [-0.2, -0.15) is 0 Å². The van der Waals surface area contributed by atoms with E-state index in [1.54, 1.807) is 11.3 Å². The molecule has 0 fully saturated rings. The van der Waals surface area contributed by atoms with Gasteiger partial charge in [-0.1, -0.05) is 31.9 Å². The molecule has 0 radical (unpaired) electrons. The molecule has 90 valence electrons. The minimum absolute atomic E-state index is 0.582. The van der Waals surface area contributed by atoms with Crippen LogP contribution in [0.15, 0.2) is 32.5 Å². The van der Waals surface area contributed by atoms with Crippen LogP contribution >= 0.6 is 65.8 Å². The first-order valence-corrected chi connectivity index (χ1v) is 8.41. The summed E-state index contributed by atoms with van der Waals surface area (Å²) >= 11 is 10.9. The van der Waals surface area contributed by atoms with E-state index in [4.69, 9.17) is 0 Å². The van der Waals surface area contributed by atoms with Gasteiger partial charge >= 0.3 is 0 Å². The Morgan fingerprint density at radius 2 is 1.94 bits per heavy atom. The molecule has 2 aromatic rings. The molecule has 0 amide bonds. The van der Waals surface area contributed by atoms with Gasteiger partial charge in [0.1, 0.15) is 6.10 Å². The lowest BCUT2D eigenvalue weighted by Gasteiger charge is -2.13. The average Bonchev–Trinajstić information content (AvgIpc) is 2.69. The van der Waals surface area contributed by atoms with Crippen LogP contribution in [0.5, 0.6) is 0 Å². The molecule has 1 N–H and O–H groups in total. The molecule has 0 aliphatic heterocycles. The Hall–Kier alpha value is 0.570. The normalized spacial score (nSPS) is 12.8. The summed E-state index contributed by atoms with van der Waals surface area (Å²) in [5.41, 5.74) is 2.97. The third kappa shape index (κ3) is 3.12. The maximum Gasteiger partial charge on any atom is 0.106 e. The molecular weight excluding hydrogens is 479 g/mol. The Morgan fingerprint density at radius 3 is 2.53 bits per heavy atom. The monoisotopic (exact) mass is 486 g/mol. The van der Waals surface area contributed by atoms with Crippen LogP contribution in [-0.2, 0) is 0 Å². The Bertz CT molecular complexity index is 553.